The van der Waals surface area contributed by atoms with Gasteiger partial charge in [-0.3, -0.25) is 9.69 Å². The Morgan fingerprint density at radius 1 is 1.32 bits per heavy atom. The van der Waals surface area contributed by atoms with Gasteiger partial charge in [0.15, 0.2) is 0 Å². The van der Waals surface area contributed by atoms with Crippen LogP contribution < -0.4 is 4.90 Å². The molecule has 0 amide bonds. The van der Waals surface area contributed by atoms with Gasteiger partial charge in [-0.1, -0.05) is 0 Å². The predicted octanol–water partition coefficient (Wildman–Crippen LogP) is 2.05. The molecular weight excluding hydrogens is 356 g/mol. The maximum Gasteiger partial charge on any atom is 0.314 e. The molecule has 3 fully saturated rings. The van der Waals surface area contributed by atoms with E-state index in [9.17, 15) is 4.79 Å². The molecule has 0 radical (unpaired) electrons. The fraction of sp³-hybridized carbons (Fsp3) is 0.762. The van der Waals surface area contributed by atoms with E-state index in [2.05, 4.69) is 19.8 Å². The van der Waals surface area contributed by atoms with Crippen LogP contribution in [-0.2, 0) is 14.3 Å². The van der Waals surface area contributed by atoms with E-state index in [-0.39, 0.29) is 5.97 Å². The Morgan fingerprint density at radius 2 is 2.14 bits per heavy atom. The molecule has 4 rings (SSSR count). The number of rotatable bonds is 4. The number of hydrogen-bond donors (Lipinski definition) is 0. The van der Waals surface area contributed by atoms with Gasteiger partial charge >= 0.3 is 5.97 Å². The van der Waals surface area contributed by atoms with Crippen LogP contribution in [0.1, 0.15) is 38.4 Å². The molecule has 7 nitrogen and oxygen atoms in total. The van der Waals surface area contributed by atoms with Crippen molar-refractivity contribution in [3.63, 3.8) is 0 Å². The molecule has 2 aliphatic heterocycles. The van der Waals surface area contributed by atoms with Crippen LogP contribution in [0.25, 0.3) is 0 Å². The summed E-state index contributed by atoms with van der Waals surface area (Å²) in [4.78, 5) is 26.8. The first-order valence-corrected chi connectivity index (χ1v) is 10.7. The van der Waals surface area contributed by atoms with E-state index in [4.69, 9.17) is 9.47 Å². The van der Waals surface area contributed by atoms with Crippen molar-refractivity contribution in [2.45, 2.75) is 45.6 Å². The third kappa shape index (κ3) is 3.74. The highest BCUT2D eigenvalue weighted by atomic mass is 16.5. The first kappa shape index (κ1) is 19.6. The van der Waals surface area contributed by atoms with Crippen LogP contribution in [0.2, 0.25) is 0 Å². The highest BCUT2D eigenvalue weighted by Crippen LogP contribution is 2.49. The zero-order valence-corrected chi connectivity index (χ0v) is 17.1. The predicted molar refractivity (Wildman–Crippen MR) is 106 cm³/mol. The Balaban J connectivity index is 1.55. The summed E-state index contributed by atoms with van der Waals surface area (Å²) in [5.74, 6) is 2.04. The first-order valence-electron chi connectivity index (χ1n) is 10.7. The normalized spacial score (nSPS) is 31.3. The summed E-state index contributed by atoms with van der Waals surface area (Å²) in [6.07, 6.45) is 5.82. The van der Waals surface area contributed by atoms with Crippen molar-refractivity contribution in [2.75, 3.05) is 50.9 Å². The van der Waals surface area contributed by atoms with Gasteiger partial charge in [-0.2, -0.15) is 0 Å². The number of anilines is 1. The van der Waals surface area contributed by atoms with Crippen molar-refractivity contribution in [3.8, 4) is 0 Å². The van der Waals surface area contributed by atoms with Crippen LogP contribution in [0.3, 0.4) is 0 Å². The molecule has 3 aliphatic rings. The van der Waals surface area contributed by atoms with Crippen molar-refractivity contribution < 1.29 is 14.3 Å². The number of hydrogen-bond acceptors (Lipinski definition) is 7. The second kappa shape index (κ2) is 8.33. The number of piperidine rings is 1. The number of morpholine rings is 1. The highest BCUT2D eigenvalue weighted by Gasteiger charge is 2.54. The summed E-state index contributed by atoms with van der Waals surface area (Å²) in [5.41, 5.74) is -0.421. The van der Waals surface area contributed by atoms with Crippen LogP contribution in [0.4, 0.5) is 5.82 Å². The highest BCUT2D eigenvalue weighted by molar-refractivity contribution is 5.79. The Bertz CT molecular complexity index is 694. The molecule has 0 aromatic carbocycles. The maximum absolute atomic E-state index is 13.2. The lowest BCUT2D eigenvalue weighted by Crippen LogP contribution is -2.59. The number of fused-ring (bicyclic) bond motifs is 1. The molecule has 0 N–H and O–H groups in total. The molecule has 0 unspecified atom stereocenters. The third-order valence-electron chi connectivity index (χ3n) is 6.81. The van der Waals surface area contributed by atoms with E-state index in [0.29, 0.717) is 25.1 Å². The first-order chi connectivity index (χ1) is 13.6. The van der Waals surface area contributed by atoms with Crippen LogP contribution in [0, 0.1) is 18.3 Å². The molecule has 154 valence electrons. The molecule has 0 bridgehead atoms. The average molecular weight is 389 g/mol. The maximum atomic E-state index is 13.2. The number of nitrogens with zero attached hydrogens (tertiary/aromatic N) is 4. The molecule has 2 saturated heterocycles. The molecule has 3 heterocycles. The molecule has 7 heteroatoms. The van der Waals surface area contributed by atoms with Gasteiger partial charge in [0.25, 0.3) is 0 Å². The molecule has 3 atom stereocenters. The summed E-state index contributed by atoms with van der Waals surface area (Å²) in [5, 5.41) is 0. The van der Waals surface area contributed by atoms with E-state index in [0.717, 1.165) is 70.2 Å². The molecule has 1 aromatic heterocycles. The summed E-state index contributed by atoms with van der Waals surface area (Å²) in [7, 11) is 0. The smallest absolute Gasteiger partial charge is 0.314 e. The monoisotopic (exact) mass is 388 g/mol. The van der Waals surface area contributed by atoms with Gasteiger partial charge in [-0.25, -0.2) is 9.97 Å². The lowest BCUT2D eigenvalue weighted by atomic mass is 9.61. The topological polar surface area (TPSA) is 67.8 Å². The van der Waals surface area contributed by atoms with E-state index in [1.807, 2.05) is 19.9 Å². The summed E-state index contributed by atoms with van der Waals surface area (Å²) in [6.45, 7) is 9.54. The second-order valence-corrected chi connectivity index (χ2v) is 8.32. The zero-order chi connectivity index (χ0) is 19.6. The lowest BCUT2D eigenvalue weighted by Gasteiger charge is -2.52. The number of carbonyl (C=O) groups excluding carboxylic acids is 1. The minimum absolute atomic E-state index is 0.0177. The SMILES string of the molecule is CCOC(=O)[C@@]12CC[C@@H](N3CCOCC3)C[C@H]1CCN(c1ccnc(C)n1)C2. The molecular formula is C21H32N4O3. The standard InChI is InChI=1S/C21H32N4O3/c1-3-28-20(26)21-7-4-18(24-10-12-27-13-11-24)14-17(21)6-9-25(15-21)19-5-8-22-16(2)23-19/h5,8,17-18H,3-4,6-7,9-15H2,1-2H3/t17-,18-,21-/m1/s1. The average Bonchev–Trinajstić information content (AvgIpc) is 2.73. The minimum Gasteiger partial charge on any atom is -0.466 e. The van der Waals surface area contributed by atoms with Crippen molar-refractivity contribution in [2.24, 2.45) is 11.3 Å². The molecule has 1 aromatic rings. The number of esters is 1. The summed E-state index contributed by atoms with van der Waals surface area (Å²) >= 11 is 0. The molecule has 28 heavy (non-hydrogen) atoms. The van der Waals surface area contributed by atoms with Gasteiger partial charge in [0, 0.05) is 38.4 Å². The van der Waals surface area contributed by atoms with Crippen molar-refractivity contribution in [1.29, 1.82) is 0 Å². The van der Waals surface area contributed by atoms with Crippen LogP contribution in [0.5, 0.6) is 0 Å². The van der Waals surface area contributed by atoms with Crippen molar-refractivity contribution >= 4 is 11.8 Å². The third-order valence-corrected chi connectivity index (χ3v) is 6.81. The van der Waals surface area contributed by atoms with Gasteiger partial charge < -0.3 is 14.4 Å². The number of carbonyl (C=O) groups is 1. The Kier molecular flexibility index (Phi) is 5.83. The van der Waals surface area contributed by atoms with E-state index >= 15 is 0 Å². The van der Waals surface area contributed by atoms with Crippen LogP contribution >= 0.6 is 0 Å². The second-order valence-electron chi connectivity index (χ2n) is 8.32. The summed E-state index contributed by atoms with van der Waals surface area (Å²) in [6, 6.07) is 2.51. The van der Waals surface area contributed by atoms with Crippen molar-refractivity contribution in [3.05, 3.63) is 18.1 Å². The van der Waals surface area contributed by atoms with Gasteiger partial charge in [0.1, 0.15) is 11.6 Å². The van der Waals surface area contributed by atoms with E-state index in [1.165, 1.54) is 0 Å². The molecule has 1 aliphatic carbocycles. The van der Waals surface area contributed by atoms with E-state index in [1.54, 1.807) is 6.20 Å². The Hall–Kier alpha value is -1.73. The van der Waals surface area contributed by atoms with Gasteiger partial charge in [0.2, 0.25) is 0 Å². The quantitative estimate of drug-likeness (QED) is 0.731. The van der Waals surface area contributed by atoms with Gasteiger partial charge in [-0.05, 0) is 51.5 Å². The largest absolute Gasteiger partial charge is 0.466 e. The molecule has 0 spiro atoms. The lowest BCUT2D eigenvalue weighted by molar-refractivity contribution is -0.164. The fourth-order valence-corrected chi connectivity index (χ4v) is 5.33. The zero-order valence-electron chi connectivity index (χ0n) is 17.1. The van der Waals surface area contributed by atoms with Crippen molar-refractivity contribution in [1.82, 2.24) is 14.9 Å². The Labute approximate surface area is 167 Å². The number of aromatic nitrogens is 2. The summed E-state index contributed by atoms with van der Waals surface area (Å²) < 4.78 is 11.1. The number of aryl methyl sites for hydroxylation is 1. The van der Waals surface area contributed by atoms with Gasteiger partial charge in [-0.15, -0.1) is 0 Å². The van der Waals surface area contributed by atoms with Gasteiger partial charge in [0.05, 0.1) is 25.2 Å². The minimum atomic E-state index is -0.421. The number of ether oxygens (including phenoxy) is 2. The van der Waals surface area contributed by atoms with E-state index < -0.39 is 5.41 Å². The molecule has 1 saturated carbocycles. The fourth-order valence-electron chi connectivity index (χ4n) is 5.33. The van der Waals surface area contributed by atoms with Crippen LogP contribution in [-0.4, -0.2) is 72.9 Å². The Morgan fingerprint density at radius 3 is 2.89 bits per heavy atom. The van der Waals surface area contributed by atoms with Crippen LogP contribution in [0.15, 0.2) is 12.3 Å².